The van der Waals surface area contributed by atoms with E-state index in [2.05, 4.69) is 59.8 Å². The van der Waals surface area contributed by atoms with E-state index < -0.39 is 0 Å². The van der Waals surface area contributed by atoms with E-state index in [9.17, 15) is 9.59 Å². The summed E-state index contributed by atoms with van der Waals surface area (Å²) in [7, 11) is 0. The molecule has 6 rings (SSSR count). The fraction of sp³-hybridized carbons (Fsp3) is 0.471. The summed E-state index contributed by atoms with van der Waals surface area (Å²) in [5.74, 6) is 0.350. The number of thiophene rings is 1. The molecule has 2 aliphatic carbocycles. The number of hydrogen-bond donors (Lipinski definition) is 1. The summed E-state index contributed by atoms with van der Waals surface area (Å²) in [5, 5.41) is 4.59. The number of ether oxygens (including phenoxy) is 1. The first-order valence-electron chi connectivity index (χ1n) is 15.4. The molecule has 222 valence electrons. The SMILES string of the molecule is CCOC(=O)c1c(-n2c(C)cc(/C=C3\SC(Nc4ccccc4)N([C@H]4CCCC[C@H]4C)C3=O)c2C)sc2c1CCCC2. The van der Waals surface area contributed by atoms with Gasteiger partial charge in [-0.25, -0.2) is 4.79 Å². The molecule has 0 bridgehead atoms. The summed E-state index contributed by atoms with van der Waals surface area (Å²) in [6.45, 7) is 8.69. The predicted molar refractivity (Wildman–Crippen MR) is 173 cm³/mol. The normalized spacial score (nSPS) is 23.3. The van der Waals surface area contributed by atoms with Gasteiger partial charge in [0.15, 0.2) is 5.50 Å². The smallest absolute Gasteiger partial charge is 0.341 e. The van der Waals surface area contributed by atoms with Gasteiger partial charge in [0, 0.05) is 28.0 Å². The van der Waals surface area contributed by atoms with E-state index >= 15 is 0 Å². The fourth-order valence-corrected chi connectivity index (χ4v) is 9.57. The van der Waals surface area contributed by atoms with E-state index in [0.717, 1.165) is 83.1 Å². The molecular weight excluding hydrogens is 563 g/mol. The van der Waals surface area contributed by atoms with Crippen molar-refractivity contribution in [2.24, 2.45) is 5.92 Å². The maximum Gasteiger partial charge on any atom is 0.341 e. The lowest BCUT2D eigenvalue weighted by molar-refractivity contribution is -0.129. The van der Waals surface area contributed by atoms with Crippen molar-refractivity contribution in [2.75, 3.05) is 11.9 Å². The van der Waals surface area contributed by atoms with Crippen LogP contribution in [0.2, 0.25) is 0 Å². The van der Waals surface area contributed by atoms with Crippen molar-refractivity contribution in [3.8, 4) is 5.00 Å². The predicted octanol–water partition coefficient (Wildman–Crippen LogP) is 8.10. The number of fused-ring (bicyclic) bond motifs is 1. The summed E-state index contributed by atoms with van der Waals surface area (Å²) in [6, 6.07) is 12.6. The Morgan fingerprint density at radius 3 is 2.62 bits per heavy atom. The maximum absolute atomic E-state index is 14.1. The third-order valence-corrected chi connectivity index (χ3v) is 11.4. The first-order chi connectivity index (χ1) is 20.4. The van der Waals surface area contributed by atoms with Gasteiger partial charge in [0.25, 0.3) is 5.91 Å². The zero-order valence-electron chi connectivity index (χ0n) is 25.1. The standard InChI is InChI=1S/C34H41N3O3S2/c1-5-40-33(39)30-26-16-10-12-18-28(26)41-32(30)36-22(3)19-24(23(36)4)20-29-31(38)37(27-17-11-9-13-21(27)2)34(42-29)35-25-14-7-6-8-15-25/h6-8,14-15,19-21,27,34-35H,5,9-13,16-18H2,1-4H3/b29-20-/t21-,27+,34?/m1/s1. The van der Waals surface area contributed by atoms with Gasteiger partial charge in [0.1, 0.15) is 5.00 Å². The van der Waals surface area contributed by atoms with Crippen LogP contribution in [0.5, 0.6) is 0 Å². The van der Waals surface area contributed by atoms with Crippen molar-refractivity contribution in [2.45, 2.75) is 90.6 Å². The molecule has 1 N–H and O–H groups in total. The Bertz CT molecular complexity index is 1510. The molecular formula is C34H41N3O3S2. The second-order valence-corrected chi connectivity index (χ2v) is 14.0. The number of nitrogens with one attached hydrogen (secondary N) is 1. The summed E-state index contributed by atoms with van der Waals surface area (Å²) in [4.78, 5) is 31.5. The average molecular weight is 604 g/mol. The van der Waals surface area contributed by atoms with Crippen LogP contribution in [0.4, 0.5) is 5.69 Å². The molecule has 3 aromatic rings. The highest BCUT2D eigenvalue weighted by atomic mass is 32.2. The average Bonchev–Trinajstić information content (AvgIpc) is 3.60. The number of aromatic nitrogens is 1. The van der Waals surface area contributed by atoms with Crippen LogP contribution in [0, 0.1) is 19.8 Å². The van der Waals surface area contributed by atoms with E-state index in [-0.39, 0.29) is 23.4 Å². The van der Waals surface area contributed by atoms with Crippen LogP contribution in [0.3, 0.4) is 0 Å². The number of aryl methyl sites for hydroxylation is 2. The molecule has 3 aliphatic rings. The molecule has 42 heavy (non-hydrogen) atoms. The number of carbonyl (C=O) groups excluding carboxylic acids is 2. The monoisotopic (exact) mass is 603 g/mol. The molecule has 8 heteroatoms. The van der Waals surface area contributed by atoms with Gasteiger partial charge in [-0.3, -0.25) is 4.79 Å². The second-order valence-electron chi connectivity index (χ2n) is 11.8. The summed E-state index contributed by atoms with van der Waals surface area (Å²) in [6.07, 6.45) is 10.9. The number of benzene rings is 1. The molecule has 1 saturated heterocycles. The largest absolute Gasteiger partial charge is 0.462 e. The molecule has 2 fully saturated rings. The molecule has 1 amide bonds. The van der Waals surface area contributed by atoms with Gasteiger partial charge in [0.2, 0.25) is 0 Å². The molecule has 1 saturated carbocycles. The molecule has 3 atom stereocenters. The van der Waals surface area contributed by atoms with E-state index in [1.54, 1.807) is 23.1 Å². The van der Waals surface area contributed by atoms with Crippen LogP contribution >= 0.6 is 23.1 Å². The highest BCUT2D eigenvalue weighted by Gasteiger charge is 2.43. The molecule has 3 heterocycles. The van der Waals surface area contributed by atoms with Crippen molar-refractivity contribution in [3.63, 3.8) is 0 Å². The number of thioether (sulfide) groups is 1. The Labute approximate surface area is 257 Å². The zero-order chi connectivity index (χ0) is 29.4. The minimum absolute atomic E-state index is 0.107. The van der Waals surface area contributed by atoms with Gasteiger partial charge < -0.3 is 19.5 Å². The van der Waals surface area contributed by atoms with Gasteiger partial charge in [0.05, 0.1) is 17.1 Å². The highest BCUT2D eigenvalue weighted by molar-refractivity contribution is 8.05. The van der Waals surface area contributed by atoms with Crippen LogP contribution in [-0.2, 0) is 22.4 Å². The van der Waals surface area contributed by atoms with Gasteiger partial charge in [-0.05, 0) is 101 Å². The number of para-hydroxylation sites is 1. The number of carbonyl (C=O) groups is 2. The third-order valence-electron chi connectivity index (χ3n) is 9.02. The summed E-state index contributed by atoms with van der Waals surface area (Å²) < 4.78 is 7.74. The number of hydrogen-bond acceptors (Lipinski definition) is 6. The molecule has 6 nitrogen and oxygen atoms in total. The van der Waals surface area contributed by atoms with Crippen LogP contribution in [-0.4, -0.2) is 39.5 Å². The van der Waals surface area contributed by atoms with E-state index in [1.165, 1.54) is 16.9 Å². The topological polar surface area (TPSA) is 63.6 Å². The van der Waals surface area contributed by atoms with Gasteiger partial charge in [-0.1, -0.05) is 49.7 Å². The Kier molecular flexibility index (Phi) is 8.55. The maximum atomic E-state index is 14.1. The molecule has 1 unspecified atom stereocenters. The van der Waals surface area contributed by atoms with Crippen LogP contribution in [0.15, 0.2) is 41.3 Å². The van der Waals surface area contributed by atoms with Gasteiger partial charge in [-0.15, -0.1) is 11.3 Å². The van der Waals surface area contributed by atoms with Gasteiger partial charge in [-0.2, -0.15) is 0 Å². The lowest BCUT2D eigenvalue weighted by atomic mass is 9.85. The molecule has 2 aromatic heterocycles. The van der Waals surface area contributed by atoms with Crippen molar-refractivity contribution in [3.05, 3.63) is 74.3 Å². The first kappa shape index (κ1) is 29.1. The number of rotatable bonds is 7. The highest BCUT2D eigenvalue weighted by Crippen LogP contribution is 2.43. The minimum Gasteiger partial charge on any atom is -0.462 e. The van der Waals surface area contributed by atoms with Crippen molar-refractivity contribution >= 4 is 46.7 Å². The van der Waals surface area contributed by atoms with E-state index in [4.69, 9.17) is 4.74 Å². The number of anilines is 1. The van der Waals surface area contributed by atoms with Crippen molar-refractivity contribution < 1.29 is 14.3 Å². The molecule has 0 radical (unpaired) electrons. The minimum atomic E-state index is -0.229. The van der Waals surface area contributed by atoms with Crippen LogP contribution in [0.1, 0.15) is 90.1 Å². The van der Waals surface area contributed by atoms with E-state index in [0.29, 0.717) is 12.5 Å². The zero-order valence-corrected chi connectivity index (χ0v) is 26.7. The Balaban J connectivity index is 1.37. The molecule has 0 spiro atoms. The number of esters is 1. The fourth-order valence-electron chi connectivity index (χ4n) is 6.88. The van der Waals surface area contributed by atoms with Gasteiger partial charge >= 0.3 is 5.97 Å². The quantitative estimate of drug-likeness (QED) is 0.218. The molecule has 1 aromatic carbocycles. The van der Waals surface area contributed by atoms with Crippen molar-refractivity contribution in [1.82, 2.24) is 9.47 Å². The molecule has 1 aliphatic heterocycles. The van der Waals surface area contributed by atoms with E-state index in [1.807, 2.05) is 25.1 Å². The Morgan fingerprint density at radius 2 is 1.86 bits per heavy atom. The summed E-state index contributed by atoms with van der Waals surface area (Å²) in [5.41, 5.74) is 5.87. The first-order valence-corrected chi connectivity index (χ1v) is 17.1. The lowest BCUT2D eigenvalue weighted by Crippen LogP contribution is -2.48. The third kappa shape index (κ3) is 5.44. The summed E-state index contributed by atoms with van der Waals surface area (Å²) >= 11 is 3.34. The lowest BCUT2D eigenvalue weighted by Gasteiger charge is -2.39. The van der Waals surface area contributed by atoms with Crippen LogP contribution < -0.4 is 5.32 Å². The van der Waals surface area contributed by atoms with Crippen LogP contribution in [0.25, 0.3) is 11.1 Å². The second kappa shape index (κ2) is 12.3. The Morgan fingerprint density at radius 1 is 1.10 bits per heavy atom. The number of amides is 1. The number of nitrogens with zero attached hydrogens (tertiary/aromatic N) is 2. The van der Waals surface area contributed by atoms with Crippen molar-refractivity contribution in [1.29, 1.82) is 0 Å². The Hall–Kier alpha value is -2.97.